The quantitative estimate of drug-likeness (QED) is 0.711. The molecule has 0 aliphatic carbocycles. The minimum Gasteiger partial charge on any atom is -0.494 e. The molecule has 114 valence electrons. The van der Waals surface area contributed by atoms with E-state index in [2.05, 4.69) is 32.9 Å². The summed E-state index contributed by atoms with van der Waals surface area (Å²) in [5, 5.41) is 3.23. The average Bonchev–Trinajstić information content (AvgIpc) is 2.35. The molecule has 0 aromatic heterocycles. The first-order valence-corrected chi connectivity index (χ1v) is 7.10. The van der Waals surface area contributed by atoms with Gasteiger partial charge in [0.2, 0.25) is 0 Å². The summed E-state index contributed by atoms with van der Waals surface area (Å²) in [6, 6.07) is 4.13. The van der Waals surface area contributed by atoms with Crippen LogP contribution in [0.3, 0.4) is 0 Å². The molecule has 0 amide bonds. The van der Waals surface area contributed by atoms with Crippen molar-refractivity contribution in [3.63, 3.8) is 0 Å². The third-order valence-electron chi connectivity index (χ3n) is 2.32. The maximum atomic E-state index is 12.1. The predicted octanol–water partition coefficient (Wildman–Crippen LogP) is 4.12. The summed E-state index contributed by atoms with van der Waals surface area (Å²) in [5.41, 5.74) is 0. The molecule has 0 aliphatic rings. The predicted molar refractivity (Wildman–Crippen MR) is 74.1 cm³/mol. The molecular weight excluding hydrogens is 339 g/mol. The summed E-state index contributed by atoms with van der Waals surface area (Å²) in [4.78, 5) is 0. The zero-order valence-electron chi connectivity index (χ0n) is 11.1. The van der Waals surface area contributed by atoms with E-state index in [9.17, 15) is 13.2 Å². The van der Waals surface area contributed by atoms with Crippen molar-refractivity contribution in [1.29, 1.82) is 0 Å². The fraction of sp³-hybridized carbons (Fsp3) is 0.538. The second-order valence-electron chi connectivity index (χ2n) is 4.09. The number of halogens is 4. The van der Waals surface area contributed by atoms with Gasteiger partial charge in [0.25, 0.3) is 0 Å². The summed E-state index contributed by atoms with van der Waals surface area (Å²) in [6.07, 6.45) is -2.79. The van der Waals surface area contributed by atoms with Crippen LogP contribution in [-0.4, -0.2) is 26.1 Å². The monoisotopic (exact) mass is 355 g/mol. The van der Waals surface area contributed by atoms with E-state index in [4.69, 9.17) is 4.74 Å². The van der Waals surface area contributed by atoms with Crippen LogP contribution in [-0.2, 0) is 0 Å². The molecule has 7 heteroatoms. The smallest absolute Gasteiger partial charge is 0.494 e. The van der Waals surface area contributed by atoms with Gasteiger partial charge in [-0.1, -0.05) is 6.92 Å². The summed E-state index contributed by atoms with van der Waals surface area (Å²) in [5.74, 6) is 0.219. The number of hydrogen-bond donors (Lipinski definition) is 1. The van der Waals surface area contributed by atoms with Gasteiger partial charge < -0.3 is 14.8 Å². The highest BCUT2D eigenvalue weighted by Crippen LogP contribution is 2.33. The van der Waals surface area contributed by atoms with Crippen molar-refractivity contribution in [1.82, 2.24) is 5.32 Å². The topological polar surface area (TPSA) is 30.5 Å². The van der Waals surface area contributed by atoms with Crippen molar-refractivity contribution in [2.24, 2.45) is 0 Å². The Kier molecular flexibility index (Phi) is 7.15. The van der Waals surface area contributed by atoms with Crippen LogP contribution in [0.4, 0.5) is 13.2 Å². The molecule has 20 heavy (non-hydrogen) atoms. The number of hydrogen-bond acceptors (Lipinski definition) is 3. The highest BCUT2D eigenvalue weighted by molar-refractivity contribution is 9.10. The Morgan fingerprint density at radius 2 is 2.00 bits per heavy atom. The normalized spacial score (nSPS) is 11.4. The largest absolute Gasteiger partial charge is 0.573 e. The molecule has 0 bridgehead atoms. The van der Waals surface area contributed by atoms with E-state index in [1.807, 2.05) is 0 Å². The Bertz CT molecular complexity index is 413. The molecule has 0 heterocycles. The van der Waals surface area contributed by atoms with Crippen molar-refractivity contribution in [3.8, 4) is 11.5 Å². The van der Waals surface area contributed by atoms with E-state index in [0.29, 0.717) is 12.4 Å². The zero-order chi connectivity index (χ0) is 15.0. The van der Waals surface area contributed by atoms with Crippen LogP contribution in [0, 0.1) is 0 Å². The zero-order valence-corrected chi connectivity index (χ0v) is 12.7. The Morgan fingerprint density at radius 3 is 2.60 bits per heavy atom. The van der Waals surface area contributed by atoms with Crippen molar-refractivity contribution in [2.75, 3.05) is 19.7 Å². The molecule has 1 aromatic rings. The number of nitrogens with one attached hydrogen (secondary N) is 1. The van der Waals surface area contributed by atoms with Crippen LogP contribution in [0.1, 0.15) is 19.8 Å². The molecule has 0 radical (unpaired) electrons. The van der Waals surface area contributed by atoms with Crippen LogP contribution in [0.25, 0.3) is 0 Å². The van der Waals surface area contributed by atoms with E-state index >= 15 is 0 Å². The molecule has 0 aliphatic heterocycles. The van der Waals surface area contributed by atoms with Gasteiger partial charge in [-0.05, 0) is 60.1 Å². The fourth-order valence-corrected chi connectivity index (χ4v) is 1.91. The third kappa shape index (κ3) is 7.00. The summed E-state index contributed by atoms with van der Waals surface area (Å²) < 4.78 is 45.8. The van der Waals surface area contributed by atoms with Crippen molar-refractivity contribution in [3.05, 3.63) is 22.7 Å². The number of rotatable bonds is 8. The van der Waals surface area contributed by atoms with E-state index in [1.165, 1.54) is 18.2 Å². The number of benzene rings is 1. The fourth-order valence-electron chi connectivity index (χ4n) is 1.47. The van der Waals surface area contributed by atoms with E-state index in [1.54, 1.807) is 0 Å². The first kappa shape index (κ1) is 17.1. The molecular formula is C13H17BrF3NO2. The van der Waals surface area contributed by atoms with E-state index in [0.717, 1.165) is 25.9 Å². The second-order valence-corrected chi connectivity index (χ2v) is 4.95. The minimum absolute atomic E-state index is 0.205. The summed E-state index contributed by atoms with van der Waals surface area (Å²) in [6.45, 7) is 4.41. The van der Waals surface area contributed by atoms with Crippen LogP contribution in [0.2, 0.25) is 0 Å². The maximum absolute atomic E-state index is 12.1. The van der Waals surface area contributed by atoms with Crippen molar-refractivity contribution >= 4 is 15.9 Å². The van der Waals surface area contributed by atoms with Crippen LogP contribution in [0.5, 0.6) is 11.5 Å². The number of ether oxygens (including phenoxy) is 2. The lowest BCUT2D eigenvalue weighted by Crippen LogP contribution is -2.18. The molecule has 1 rings (SSSR count). The van der Waals surface area contributed by atoms with Crippen LogP contribution >= 0.6 is 15.9 Å². The molecule has 0 unspecified atom stereocenters. The molecule has 0 saturated heterocycles. The first-order chi connectivity index (χ1) is 9.42. The van der Waals surface area contributed by atoms with E-state index in [-0.39, 0.29) is 10.2 Å². The Hall–Kier alpha value is -0.950. The van der Waals surface area contributed by atoms with Crippen molar-refractivity contribution < 1.29 is 22.6 Å². The van der Waals surface area contributed by atoms with Gasteiger partial charge in [-0.25, -0.2) is 0 Å². The highest BCUT2D eigenvalue weighted by Gasteiger charge is 2.31. The molecule has 3 nitrogen and oxygen atoms in total. The first-order valence-electron chi connectivity index (χ1n) is 6.31. The van der Waals surface area contributed by atoms with Crippen molar-refractivity contribution in [2.45, 2.75) is 26.1 Å². The second kappa shape index (κ2) is 8.36. The summed E-state index contributed by atoms with van der Waals surface area (Å²) >= 11 is 3.03. The lowest BCUT2D eigenvalue weighted by atomic mass is 10.3. The highest BCUT2D eigenvalue weighted by atomic mass is 79.9. The Morgan fingerprint density at radius 1 is 1.25 bits per heavy atom. The average molecular weight is 356 g/mol. The Labute approximate surface area is 124 Å². The third-order valence-corrected chi connectivity index (χ3v) is 2.94. The Balaban J connectivity index is 2.39. The van der Waals surface area contributed by atoms with Gasteiger partial charge in [0.05, 0.1) is 11.1 Å². The van der Waals surface area contributed by atoms with Gasteiger partial charge in [-0.2, -0.15) is 0 Å². The maximum Gasteiger partial charge on any atom is 0.573 e. The SMILES string of the molecule is CCCNCCCOc1ccc(OC(F)(F)F)c(Br)c1. The molecule has 0 atom stereocenters. The van der Waals surface area contributed by atoms with Gasteiger partial charge in [0.15, 0.2) is 0 Å². The van der Waals surface area contributed by atoms with E-state index < -0.39 is 6.36 Å². The van der Waals surface area contributed by atoms with Crippen LogP contribution < -0.4 is 14.8 Å². The number of alkyl halides is 3. The van der Waals surface area contributed by atoms with Gasteiger partial charge in [0.1, 0.15) is 11.5 Å². The lowest BCUT2D eigenvalue weighted by Gasteiger charge is -2.12. The minimum atomic E-state index is -4.70. The lowest BCUT2D eigenvalue weighted by molar-refractivity contribution is -0.274. The standard InChI is InChI=1S/C13H17BrF3NO2/c1-2-6-18-7-3-8-19-10-4-5-12(11(14)9-10)20-13(15,16)17/h4-5,9,18H,2-3,6-8H2,1H3. The molecule has 1 N–H and O–H groups in total. The summed E-state index contributed by atoms with van der Waals surface area (Å²) in [7, 11) is 0. The molecule has 1 aromatic carbocycles. The molecule has 0 spiro atoms. The van der Waals surface area contributed by atoms with Gasteiger partial charge in [0, 0.05) is 0 Å². The molecule has 0 fully saturated rings. The molecule has 0 saturated carbocycles. The van der Waals surface area contributed by atoms with Gasteiger partial charge in [-0.15, -0.1) is 13.2 Å². The van der Waals surface area contributed by atoms with Gasteiger partial charge >= 0.3 is 6.36 Å². The van der Waals surface area contributed by atoms with Gasteiger partial charge in [-0.3, -0.25) is 0 Å². The van der Waals surface area contributed by atoms with Crippen LogP contribution in [0.15, 0.2) is 22.7 Å².